The molecule has 1 aliphatic rings. The van der Waals surface area contributed by atoms with Crippen LogP contribution in [0.5, 0.6) is 0 Å². The van der Waals surface area contributed by atoms with Crippen LogP contribution in [0.2, 0.25) is 0 Å². The zero-order valence-corrected chi connectivity index (χ0v) is 10.9. The van der Waals surface area contributed by atoms with Gasteiger partial charge in [-0.2, -0.15) is 0 Å². The number of carboxylic acids is 1. The lowest BCUT2D eigenvalue weighted by Crippen LogP contribution is -2.52. The van der Waals surface area contributed by atoms with Crippen LogP contribution in [0.1, 0.15) is 33.1 Å². The predicted molar refractivity (Wildman–Crippen MR) is 64.8 cm³/mol. The lowest BCUT2D eigenvalue weighted by molar-refractivity contribution is -0.150. The Morgan fingerprint density at radius 2 is 1.76 bits per heavy atom. The van der Waals surface area contributed by atoms with Gasteiger partial charge in [-0.05, 0) is 40.2 Å². The average Bonchev–Trinajstić information content (AvgIpc) is 2.29. The van der Waals surface area contributed by atoms with Gasteiger partial charge < -0.3 is 10.0 Å². The molecule has 5 nitrogen and oxygen atoms in total. The molecule has 5 heteroatoms. The first-order valence-electron chi connectivity index (χ1n) is 6.08. The van der Waals surface area contributed by atoms with Crippen LogP contribution >= 0.6 is 0 Å². The average molecular weight is 242 g/mol. The van der Waals surface area contributed by atoms with Gasteiger partial charge >= 0.3 is 5.97 Å². The molecule has 0 spiro atoms. The third-order valence-corrected chi connectivity index (χ3v) is 3.56. The SMILES string of the molecule is CN(CC(=O)N1CCCCC1)C(C)(C)C(=O)O. The van der Waals surface area contributed by atoms with E-state index in [0.717, 1.165) is 25.9 Å². The monoisotopic (exact) mass is 242 g/mol. The molecule has 1 N–H and O–H groups in total. The number of nitrogens with zero attached hydrogens (tertiary/aromatic N) is 2. The van der Waals surface area contributed by atoms with Crippen molar-refractivity contribution in [3.05, 3.63) is 0 Å². The summed E-state index contributed by atoms with van der Waals surface area (Å²) in [6, 6.07) is 0. The van der Waals surface area contributed by atoms with Gasteiger partial charge in [-0.15, -0.1) is 0 Å². The predicted octanol–water partition coefficient (Wildman–Crippen LogP) is 0.794. The standard InChI is InChI=1S/C12H22N2O3/c1-12(2,11(16)17)13(3)9-10(15)14-7-5-4-6-8-14/h4-9H2,1-3H3,(H,16,17). The molecule has 98 valence electrons. The molecule has 0 atom stereocenters. The molecule has 0 aliphatic carbocycles. The van der Waals surface area contributed by atoms with E-state index >= 15 is 0 Å². The summed E-state index contributed by atoms with van der Waals surface area (Å²) < 4.78 is 0. The fourth-order valence-corrected chi connectivity index (χ4v) is 1.81. The van der Waals surface area contributed by atoms with Crippen molar-refractivity contribution in [2.24, 2.45) is 0 Å². The number of amides is 1. The van der Waals surface area contributed by atoms with Gasteiger partial charge in [0.2, 0.25) is 5.91 Å². The highest BCUT2D eigenvalue weighted by molar-refractivity contribution is 5.81. The number of aliphatic carboxylic acids is 1. The van der Waals surface area contributed by atoms with Crippen LogP contribution in [0.25, 0.3) is 0 Å². The zero-order valence-electron chi connectivity index (χ0n) is 10.9. The Morgan fingerprint density at radius 1 is 1.24 bits per heavy atom. The largest absolute Gasteiger partial charge is 0.480 e. The maximum atomic E-state index is 12.0. The lowest BCUT2D eigenvalue weighted by atomic mass is 10.0. The molecule has 0 aromatic rings. The van der Waals surface area contributed by atoms with E-state index in [1.807, 2.05) is 4.90 Å². The van der Waals surface area contributed by atoms with Gasteiger partial charge in [0.15, 0.2) is 0 Å². The molecule has 0 saturated carbocycles. The van der Waals surface area contributed by atoms with E-state index in [0.29, 0.717) is 0 Å². The molecule has 1 saturated heterocycles. The Labute approximate surface area is 102 Å². The second kappa shape index (κ2) is 5.49. The summed E-state index contributed by atoms with van der Waals surface area (Å²) in [6.45, 7) is 5.00. The molecule has 1 aliphatic heterocycles. The van der Waals surface area contributed by atoms with Crippen LogP contribution in [-0.4, -0.2) is 59.0 Å². The highest BCUT2D eigenvalue weighted by Gasteiger charge is 2.33. The highest BCUT2D eigenvalue weighted by atomic mass is 16.4. The molecule has 0 unspecified atom stereocenters. The molecule has 1 fully saturated rings. The van der Waals surface area contributed by atoms with E-state index in [1.165, 1.54) is 6.42 Å². The van der Waals surface area contributed by atoms with E-state index in [9.17, 15) is 9.59 Å². The van der Waals surface area contributed by atoms with Crippen molar-refractivity contribution in [3.63, 3.8) is 0 Å². The molecule has 17 heavy (non-hydrogen) atoms. The maximum Gasteiger partial charge on any atom is 0.323 e. The second-order valence-corrected chi connectivity index (χ2v) is 5.16. The lowest BCUT2D eigenvalue weighted by Gasteiger charge is -2.34. The molecule has 0 radical (unpaired) electrons. The molecule has 1 heterocycles. The van der Waals surface area contributed by atoms with E-state index in [-0.39, 0.29) is 12.5 Å². The fraction of sp³-hybridized carbons (Fsp3) is 0.833. The van der Waals surface area contributed by atoms with E-state index in [1.54, 1.807) is 25.8 Å². The van der Waals surface area contributed by atoms with Gasteiger partial charge in [0, 0.05) is 13.1 Å². The fourth-order valence-electron chi connectivity index (χ4n) is 1.81. The van der Waals surface area contributed by atoms with Crippen LogP contribution in [0.3, 0.4) is 0 Å². The van der Waals surface area contributed by atoms with Gasteiger partial charge in [0.25, 0.3) is 0 Å². The maximum absolute atomic E-state index is 12.0. The summed E-state index contributed by atoms with van der Waals surface area (Å²) in [5.74, 6) is -0.882. The van der Waals surface area contributed by atoms with Crippen LogP contribution in [0, 0.1) is 0 Å². The number of likely N-dealkylation sites (tertiary alicyclic amines) is 1. The minimum absolute atomic E-state index is 0.0292. The quantitative estimate of drug-likeness (QED) is 0.792. The number of carbonyl (C=O) groups is 2. The van der Waals surface area contributed by atoms with Crippen LogP contribution in [-0.2, 0) is 9.59 Å². The van der Waals surface area contributed by atoms with Crippen molar-refractivity contribution in [1.29, 1.82) is 0 Å². The molecule has 1 rings (SSSR count). The number of likely N-dealkylation sites (N-methyl/N-ethyl adjacent to an activating group) is 1. The van der Waals surface area contributed by atoms with Crippen molar-refractivity contribution < 1.29 is 14.7 Å². The van der Waals surface area contributed by atoms with Crippen molar-refractivity contribution >= 4 is 11.9 Å². The van der Waals surface area contributed by atoms with Crippen molar-refractivity contribution in [2.45, 2.75) is 38.6 Å². The number of hydrogen-bond donors (Lipinski definition) is 1. The Hall–Kier alpha value is -1.10. The van der Waals surface area contributed by atoms with Crippen molar-refractivity contribution in [1.82, 2.24) is 9.80 Å². The van der Waals surface area contributed by atoms with Gasteiger partial charge in [0.05, 0.1) is 6.54 Å². The number of hydrogen-bond acceptors (Lipinski definition) is 3. The first kappa shape index (κ1) is 14.0. The third kappa shape index (κ3) is 3.43. The van der Waals surface area contributed by atoms with E-state index < -0.39 is 11.5 Å². The van der Waals surface area contributed by atoms with Crippen LogP contribution in [0.4, 0.5) is 0 Å². The second-order valence-electron chi connectivity index (χ2n) is 5.16. The van der Waals surface area contributed by atoms with Gasteiger partial charge in [-0.25, -0.2) is 0 Å². The summed E-state index contributed by atoms with van der Waals surface area (Å²) in [4.78, 5) is 26.4. The van der Waals surface area contributed by atoms with Gasteiger partial charge in [-0.1, -0.05) is 0 Å². The first-order chi connectivity index (χ1) is 7.85. The molecule has 1 amide bonds. The van der Waals surface area contributed by atoms with Crippen LogP contribution in [0.15, 0.2) is 0 Å². The first-order valence-corrected chi connectivity index (χ1v) is 6.08. The molecular formula is C12H22N2O3. The van der Waals surface area contributed by atoms with E-state index in [2.05, 4.69) is 0 Å². The summed E-state index contributed by atoms with van der Waals surface area (Å²) in [6.07, 6.45) is 3.29. The third-order valence-electron chi connectivity index (χ3n) is 3.56. The Balaban J connectivity index is 2.53. The minimum Gasteiger partial charge on any atom is -0.480 e. The minimum atomic E-state index is -1.01. The summed E-state index contributed by atoms with van der Waals surface area (Å²) in [5.41, 5.74) is -1.01. The number of piperidine rings is 1. The van der Waals surface area contributed by atoms with Gasteiger partial charge in [0.1, 0.15) is 5.54 Å². The van der Waals surface area contributed by atoms with Crippen molar-refractivity contribution in [3.8, 4) is 0 Å². The number of carboxylic acid groups (broad SMARTS) is 1. The summed E-state index contributed by atoms with van der Waals surface area (Å²) in [7, 11) is 1.68. The zero-order chi connectivity index (χ0) is 13.1. The van der Waals surface area contributed by atoms with E-state index in [4.69, 9.17) is 5.11 Å². The molecular weight excluding hydrogens is 220 g/mol. The molecule has 0 bridgehead atoms. The summed E-state index contributed by atoms with van der Waals surface area (Å²) in [5, 5.41) is 9.07. The Morgan fingerprint density at radius 3 is 2.24 bits per heavy atom. The number of rotatable bonds is 4. The van der Waals surface area contributed by atoms with Crippen LogP contribution < -0.4 is 0 Å². The topological polar surface area (TPSA) is 60.9 Å². The highest BCUT2D eigenvalue weighted by Crippen LogP contribution is 2.14. The Bertz CT molecular complexity index is 296. The smallest absolute Gasteiger partial charge is 0.323 e. The molecule has 0 aromatic heterocycles. The van der Waals surface area contributed by atoms with Gasteiger partial charge in [-0.3, -0.25) is 14.5 Å². The molecule has 0 aromatic carbocycles. The summed E-state index contributed by atoms with van der Waals surface area (Å²) >= 11 is 0. The normalized spacial score (nSPS) is 17.3. The Kier molecular flexibility index (Phi) is 4.51. The number of carbonyl (C=O) groups excluding carboxylic acids is 1. The van der Waals surface area contributed by atoms with Crippen molar-refractivity contribution in [2.75, 3.05) is 26.7 Å².